The number of hydrogen-bond donors (Lipinski definition) is 3. The number of aromatic nitrogens is 3. The lowest BCUT2D eigenvalue weighted by Crippen LogP contribution is -2.54. The molecule has 2 saturated heterocycles. The van der Waals surface area contributed by atoms with Gasteiger partial charge in [0.15, 0.2) is 5.82 Å². The molecule has 2 aliphatic rings. The predicted octanol–water partition coefficient (Wildman–Crippen LogP) is 3.31. The summed E-state index contributed by atoms with van der Waals surface area (Å²) < 4.78 is 0. The van der Waals surface area contributed by atoms with Crippen molar-refractivity contribution in [2.45, 2.75) is 50.2 Å². The number of fused-ring (bicyclic) bond motifs is 2. The first kappa shape index (κ1) is 19.8. The lowest BCUT2D eigenvalue weighted by atomic mass is 9.83. The lowest BCUT2D eigenvalue weighted by molar-refractivity contribution is 0.219. The molecule has 2 fully saturated rings. The van der Waals surface area contributed by atoms with Crippen LogP contribution in [0.2, 0.25) is 0 Å². The zero-order chi connectivity index (χ0) is 21.4. The van der Waals surface area contributed by atoms with Crippen molar-refractivity contribution in [3.63, 3.8) is 0 Å². The van der Waals surface area contributed by atoms with Gasteiger partial charge in [0.05, 0.1) is 5.69 Å². The van der Waals surface area contributed by atoms with Crippen molar-refractivity contribution < 1.29 is 5.11 Å². The Balaban J connectivity index is 1.34. The second-order valence-electron chi connectivity index (χ2n) is 8.68. The minimum atomic E-state index is -0.177. The molecule has 0 aliphatic carbocycles. The molecule has 0 amide bonds. The average Bonchev–Trinajstić information content (AvgIpc) is 2.78. The van der Waals surface area contributed by atoms with E-state index in [1.54, 1.807) is 18.3 Å². The zero-order valence-corrected chi connectivity index (χ0v) is 17.6. The Morgan fingerprint density at radius 1 is 1.00 bits per heavy atom. The number of H-pyrrole nitrogens is 1. The van der Waals surface area contributed by atoms with Crippen LogP contribution >= 0.6 is 0 Å². The van der Waals surface area contributed by atoms with Crippen LogP contribution < -0.4 is 15.8 Å². The highest BCUT2D eigenvalue weighted by molar-refractivity contribution is 5.74. The third-order valence-corrected chi connectivity index (χ3v) is 6.63. The summed E-state index contributed by atoms with van der Waals surface area (Å²) >= 11 is 0. The Morgan fingerprint density at radius 3 is 2.45 bits per heavy atom. The maximum absolute atomic E-state index is 11.6. The predicted molar refractivity (Wildman–Crippen MR) is 121 cm³/mol. The van der Waals surface area contributed by atoms with E-state index in [2.05, 4.69) is 32.4 Å². The number of aromatic amines is 1. The number of anilines is 1. The number of benzene rings is 1. The Bertz CT molecular complexity index is 1120. The molecular weight excluding hydrogens is 390 g/mol. The fraction of sp³-hybridized carbons (Fsp3) is 0.375. The topological polar surface area (TPSA) is 94.1 Å². The quantitative estimate of drug-likeness (QED) is 0.603. The number of phenolic OH excluding ortho intramolecular Hbond substituents is 1. The Hall–Kier alpha value is -3.19. The highest BCUT2D eigenvalue weighted by atomic mass is 16.3. The molecule has 7 heteroatoms. The maximum Gasteiger partial charge on any atom is 0.248 e. The molecule has 5 rings (SSSR count). The van der Waals surface area contributed by atoms with E-state index in [9.17, 15) is 9.90 Å². The monoisotopic (exact) mass is 417 g/mol. The van der Waals surface area contributed by atoms with E-state index >= 15 is 0 Å². The van der Waals surface area contributed by atoms with Crippen LogP contribution in [0, 0.1) is 0 Å². The van der Waals surface area contributed by atoms with Gasteiger partial charge < -0.3 is 20.3 Å². The van der Waals surface area contributed by atoms with E-state index < -0.39 is 0 Å². The molecule has 4 heterocycles. The molecule has 2 aromatic heterocycles. The van der Waals surface area contributed by atoms with Gasteiger partial charge in [-0.15, -0.1) is 10.2 Å². The van der Waals surface area contributed by atoms with Gasteiger partial charge in [-0.1, -0.05) is 12.5 Å². The van der Waals surface area contributed by atoms with Gasteiger partial charge in [-0.25, -0.2) is 0 Å². The summed E-state index contributed by atoms with van der Waals surface area (Å²) in [4.78, 5) is 16.4. The third-order valence-electron chi connectivity index (χ3n) is 6.63. The number of phenols is 1. The minimum Gasteiger partial charge on any atom is -0.507 e. The van der Waals surface area contributed by atoms with Crippen molar-refractivity contribution in [2.75, 3.05) is 11.9 Å². The smallest absolute Gasteiger partial charge is 0.248 e. The Morgan fingerprint density at radius 2 is 1.77 bits per heavy atom. The van der Waals surface area contributed by atoms with Crippen LogP contribution in [-0.2, 0) is 0 Å². The van der Waals surface area contributed by atoms with Gasteiger partial charge in [0.2, 0.25) is 5.56 Å². The summed E-state index contributed by atoms with van der Waals surface area (Å²) in [5, 5.41) is 23.2. The average molecular weight is 418 g/mol. The second kappa shape index (κ2) is 8.15. The molecule has 1 aromatic carbocycles. The van der Waals surface area contributed by atoms with Gasteiger partial charge >= 0.3 is 0 Å². The van der Waals surface area contributed by atoms with Crippen molar-refractivity contribution in [1.82, 2.24) is 20.5 Å². The zero-order valence-electron chi connectivity index (χ0n) is 17.6. The molecule has 0 radical (unpaired) electrons. The van der Waals surface area contributed by atoms with Gasteiger partial charge in [0, 0.05) is 43.0 Å². The van der Waals surface area contributed by atoms with E-state index in [4.69, 9.17) is 0 Å². The number of nitrogens with one attached hydrogen (secondary N) is 2. The van der Waals surface area contributed by atoms with Gasteiger partial charge in [-0.05, 0) is 67.1 Å². The van der Waals surface area contributed by atoms with Crippen LogP contribution in [0.4, 0.5) is 5.82 Å². The van der Waals surface area contributed by atoms with Gasteiger partial charge in [0.1, 0.15) is 5.75 Å². The van der Waals surface area contributed by atoms with Crippen LogP contribution in [-0.4, -0.2) is 45.5 Å². The van der Waals surface area contributed by atoms with Crippen molar-refractivity contribution >= 4 is 5.82 Å². The van der Waals surface area contributed by atoms with Crippen LogP contribution in [0.5, 0.6) is 5.75 Å². The highest BCUT2D eigenvalue weighted by Crippen LogP contribution is 2.33. The molecule has 3 aromatic rings. The Labute approximate surface area is 181 Å². The fourth-order valence-electron chi connectivity index (χ4n) is 4.95. The summed E-state index contributed by atoms with van der Waals surface area (Å²) in [5.41, 5.74) is 2.58. The summed E-state index contributed by atoms with van der Waals surface area (Å²) in [7, 11) is 2.10. The standard InChI is InChI=1S/C24H27N5O2/c1-29(19-13-17-3-2-4-18(14-19)26-17)23-8-7-21(27-28-23)20-6-5-15(11-22(20)30)16-9-10-25-24(31)12-16/h5-12,17-19,26,30H,2-4,13-14H2,1H3,(H,25,31)/t17-,18+,19+. The molecule has 160 valence electrons. The van der Waals surface area contributed by atoms with E-state index in [-0.39, 0.29) is 11.3 Å². The van der Waals surface area contributed by atoms with Gasteiger partial charge in [-0.3, -0.25) is 4.79 Å². The van der Waals surface area contributed by atoms with E-state index in [1.807, 2.05) is 24.3 Å². The van der Waals surface area contributed by atoms with Crippen LogP contribution in [0.3, 0.4) is 0 Å². The van der Waals surface area contributed by atoms with Crippen LogP contribution in [0.25, 0.3) is 22.4 Å². The first-order valence-electron chi connectivity index (χ1n) is 10.9. The summed E-state index contributed by atoms with van der Waals surface area (Å²) in [6.45, 7) is 0. The van der Waals surface area contributed by atoms with Crippen molar-refractivity contribution in [3.05, 3.63) is 59.0 Å². The van der Waals surface area contributed by atoms with E-state index in [1.165, 1.54) is 25.3 Å². The minimum absolute atomic E-state index is 0.111. The van der Waals surface area contributed by atoms with Gasteiger partial charge in [-0.2, -0.15) is 0 Å². The van der Waals surface area contributed by atoms with Gasteiger partial charge in [0.25, 0.3) is 0 Å². The third kappa shape index (κ3) is 4.05. The van der Waals surface area contributed by atoms with Crippen molar-refractivity contribution in [1.29, 1.82) is 0 Å². The second-order valence-corrected chi connectivity index (χ2v) is 8.68. The molecule has 0 spiro atoms. The lowest BCUT2D eigenvalue weighted by Gasteiger charge is -2.43. The molecule has 3 atom stereocenters. The molecule has 0 unspecified atom stereocenters. The fourth-order valence-corrected chi connectivity index (χ4v) is 4.95. The Kier molecular flexibility index (Phi) is 5.19. The van der Waals surface area contributed by atoms with E-state index in [0.717, 1.165) is 29.8 Å². The SMILES string of the molecule is CN(c1ccc(-c2ccc(-c3cc[nH]c(=O)c3)cc2O)nn1)[C@H]1C[C@H]2CCC[C@@H](C1)N2. The maximum atomic E-state index is 11.6. The largest absolute Gasteiger partial charge is 0.507 e. The van der Waals surface area contributed by atoms with E-state index in [0.29, 0.717) is 29.4 Å². The number of nitrogens with zero attached hydrogens (tertiary/aromatic N) is 3. The molecule has 31 heavy (non-hydrogen) atoms. The molecule has 0 saturated carbocycles. The normalized spacial score (nSPS) is 22.8. The molecule has 2 bridgehead atoms. The number of piperidine rings is 2. The number of hydrogen-bond acceptors (Lipinski definition) is 6. The molecule has 7 nitrogen and oxygen atoms in total. The van der Waals surface area contributed by atoms with Crippen LogP contribution in [0.15, 0.2) is 53.5 Å². The summed E-state index contributed by atoms with van der Waals surface area (Å²) in [5.74, 6) is 0.965. The molecular formula is C24H27N5O2. The first-order chi connectivity index (χ1) is 15.1. The first-order valence-corrected chi connectivity index (χ1v) is 10.9. The van der Waals surface area contributed by atoms with Crippen molar-refractivity contribution in [3.8, 4) is 28.1 Å². The summed E-state index contributed by atoms with van der Waals surface area (Å²) in [6, 6.07) is 14.2. The molecule has 3 N–H and O–H groups in total. The van der Waals surface area contributed by atoms with Crippen molar-refractivity contribution in [2.24, 2.45) is 0 Å². The highest BCUT2D eigenvalue weighted by Gasteiger charge is 2.33. The molecule has 2 aliphatic heterocycles. The number of rotatable bonds is 4. The van der Waals surface area contributed by atoms with Crippen LogP contribution in [0.1, 0.15) is 32.1 Å². The number of pyridine rings is 1. The summed E-state index contributed by atoms with van der Waals surface area (Å²) in [6.07, 6.45) is 7.73. The number of aromatic hydroxyl groups is 1.